The fourth-order valence-electron chi connectivity index (χ4n) is 3.97. The van der Waals surface area contributed by atoms with E-state index in [2.05, 4.69) is 22.4 Å². The molecule has 0 aromatic carbocycles. The minimum atomic E-state index is 0.179. The summed E-state index contributed by atoms with van der Waals surface area (Å²) in [7, 11) is 0. The zero-order valence-electron chi connectivity index (χ0n) is 13.7. The molecule has 3 fully saturated rings. The Labute approximate surface area is 139 Å². The number of piperidine rings is 1. The molecule has 22 heavy (non-hydrogen) atoms. The van der Waals surface area contributed by atoms with Crippen molar-refractivity contribution in [2.75, 3.05) is 24.6 Å². The molecular formula is C17H31N3OS. The standard InChI is InChI=1S/C17H31N3OS/c21-17(19-14-5-2-1-3-6-14)20-10-8-15(9-11-20)18-16-7-4-12-22-13-16/h14-16,18H,1-13H2,(H,19,21). The lowest BCUT2D eigenvalue weighted by atomic mass is 9.95. The highest BCUT2D eigenvalue weighted by Crippen LogP contribution is 2.20. The number of hydrogen-bond acceptors (Lipinski definition) is 3. The first-order valence-electron chi connectivity index (χ1n) is 9.20. The first kappa shape index (κ1) is 16.4. The summed E-state index contributed by atoms with van der Waals surface area (Å²) in [4.78, 5) is 14.4. The molecule has 0 aromatic rings. The lowest BCUT2D eigenvalue weighted by molar-refractivity contribution is 0.168. The Hall–Kier alpha value is -0.420. The predicted molar refractivity (Wildman–Crippen MR) is 93.5 cm³/mol. The molecule has 2 aliphatic heterocycles. The second-order valence-electron chi connectivity index (χ2n) is 7.13. The number of amides is 2. The predicted octanol–water partition coefficient (Wildman–Crippen LogP) is 2.98. The Bertz CT molecular complexity index is 346. The van der Waals surface area contributed by atoms with Crippen molar-refractivity contribution in [1.82, 2.24) is 15.5 Å². The fraction of sp³-hybridized carbons (Fsp3) is 0.941. The molecule has 3 rings (SSSR count). The van der Waals surface area contributed by atoms with Crippen molar-refractivity contribution in [3.05, 3.63) is 0 Å². The van der Waals surface area contributed by atoms with Crippen molar-refractivity contribution in [2.24, 2.45) is 0 Å². The first-order valence-corrected chi connectivity index (χ1v) is 10.4. The van der Waals surface area contributed by atoms with E-state index in [-0.39, 0.29) is 6.03 Å². The molecule has 1 saturated carbocycles. The zero-order valence-corrected chi connectivity index (χ0v) is 14.5. The highest BCUT2D eigenvalue weighted by Gasteiger charge is 2.26. The molecule has 0 bridgehead atoms. The Morgan fingerprint density at radius 3 is 2.27 bits per heavy atom. The topological polar surface area (TPSA) is 44.4 Å². The minimum Gasteiger partial charge on any atom is -0.335 e. The van der Waals surface area contributed by atoms with E-state index >= 15 is 0 Å². The van der Waals surface area contributed by atoms with Gasteiger partial charge in [-0.1, -0.05) is 19.3 Å². The van der Waals surface area contributed by atoms with Crippen molar-refractivity contribution in [3.63, 3.8) is 0 Å². The maximum Gasteiger partial charge on any atom is 0.317 e. The minimum absolute atomic E-state index is 0.179. The number of nitrogens with one attached hydrogen (secondary N) is 2. The van der Waals surface area contributed by atoms with Gasteiger partial charge in [0.1, 0.15) is 0 Å². The van der Waals surface area contributed by atoms with Crippen molar-refractivity contribution >= 4 is 17.8 Å². The van der Waals surface area contributed by atoms with E-state index in [1.54, 1.807) is 0 Å². The van der Waals surface area contributed by atoms with Crippen molar-refractivity contribution in [3.8, 4) is 0 Å². The number of rotatable bonds is 3. The van der Waals surface area contributed by atoms with Crippen LogP contribution < -0.4 is 10.6 Å². The lowest BCUT2D eigenvalue weighted by Gasteiger charge is -2.36. The smallest absolute Gasteiger partial charge is 0.317 e. The van der Waals surface area contributed by atoms with Crippen LogP contribution in [0.2, 0.25) is 0 Å². The van der Waals surface area contributed by atoms with Gasteiger partial charge in [-0.2, -0.15) is 11.8 Å². The van der Waals surface area contributed by atoms with Crippen LogP contribution in [0, 0.1) is 0 Å². The summed E-state index contributed by atoms with van der Waals surface area (Å²) in [6.45, 7) is 1.83. The van der Waals surface area contributed by atoms with Gasteiger partial charge in [0.25, 0.3) is 0 Å². The molecule has 5 heteroatoms. The second kappa shape index (κ2) is 8.44. The molecule has 1 atom stereocenters. The Morgan fingerprint density at radius 2 is 1.59 bits per heavy atom. The van der Waals surface area contributed by atoms with Crippen LogP contribution in [0.3, 0.4) is 0 Å². The number of carbonyl (C=O) groups is 1. The van der Waals surface area contributed by atoms with Crippen LogP contribution >= 0.6 is 11.8 Å². The van der Waals surface area contributed by atoms with Crippen molar-refractivity contribution < 1.29 is 4.79 Å². The van der Waals surface area contributed by atoms with Gasteiger partial charge < -0.3 is 15.5 Å². The molecule has 2 amide bonds. The van der Waals surface area contributed by atoms with Gasteiger partial charge in [0.15, 0.2) is 0 Å². The lowest BCUT2D eigenvalue weighted by Crippen LogP contribution is -2.52. The van der Waals surface area contributed by atoms with Gasteiger partial charge in [0, 0.05) is 37.0 Å². The van der Waals surface area contributed by atoms with E-state index in [1.165, 1.54) is 56.5 Å². The van der Waals surface area contributed by atoms with Gasteiger partial charge in [0.05, 0.1) is 0 Å². The summed E-state index contributed by atoms with van der Waals surface area (Å²) in [6.07, 6.45) is 11.1. The molecule has 4 nitrogen and oxygen atoms in total. The summed E-state index contributed by atoms with van der Waals surface area (Å²) < 4.78 is 0. The van der Waals surface area contributed by atoms with Crippen LogP contribution in [0.1, 0.15) is 57.8 Å². The number of hydrogen-bond donors (Lipinski definition) is 2. The average molecular weight is 326 g/mol. The van der Waals surface area contributed by atoms with Crippen molar-refractivity contribution in [1.29, 1.82) is 0 Å². The van der Waals surface area contributed by atoms with Gasteiger partial charge in [0.2, 0.25) is 0 Å². The summed E-state index contributed by atoms with van der Waals surface area (Å²) in [6, 6.07) is 1.92. The molecule has 1 aliphatic carbocycles. The number of nitrogens with zero attached hydrogens (tertiary/aromatic N) is 1. The Balaban J connectivity index is 1.36. The molecule has 1 unspecified atom stereocenters. The normalized spacial score (nSPS) is 28.5. The third-order valence-electron chi connectivity index (χ3n) is 5.35. The highest BCUT2D eigenvalue weighted by atomic mass is 32.2. The number of thioether (sulfide) groups is 1. The molecule has 0 aromatic heterocycles. The average Bonchev–Trinajstić information content (AvgIpc) is 2.57. The maximum atomic E-state index is 12.4. The number of urea groups is 1. The second-order valence-corrected chi connectivity index (χ2v) is 8.28. The molecule has 2 saturated heterocycles. The van der Waals surface area contributed by atoms with Crippen LogP contribution in [0.15, 0.2) is 0 Å². The van der Waals surface area contributed by atoms with E-state index in [9.17, 15) is 4.79 Å². The van der Waals surface area contributed by atoms with Gasteiger partial charge in [-0.15, -0.1) is 0 Å². The third kappa shape index (κ3) is 4.79. The maximum absolute atomic E-state index is 12.4. The van der Waals surface area contributed by atoms with Crippen LogP contribution in [0.5, 0.6) is 0 Å². The van der Waals surface area contributed by atoms with Crippen LogP contribution in [-0.4, -0.2) is 53.7 Å². The molecule has 2 N–H and O–H groups in total. The third-order valence-corrected chi connectivity index (χ3v) is 6.56. The van der Waals surface area contributed by atoms with Crippen LogP contribution in [-0.2, 0) is 0 Å². The zero-order chi connectivity index (χ0) is 15.2. The van der Waals surface area contributed by atoms with E-state index in [1.807, 2.05) is 4.90 Å². The van der Waals surface area contributed by atoms with E-state index < -0.39 is 0 Å². The van der Waals surface area contributed by atoms with E-state index in [0.717, 1.165) is 25.9 Å². The monoisotopic (exact) mass is 325 g/mol. The Morgan fingerprint density at radius 1 is 0.864 bits per heavy atom. The van der Waals surface area contributed by atoms with Gasteiger partial charge in [-0.05, 0) is 44.3 Å². The molecule has 3 aliphatic rings. The summed E-state index contributed by atoms with van der Waals surface area (Å²) in [5.41, 5.74) is 0. The molecule has 0 radical (unpaired) electrons. The van der Waals surface area contributed by atoms with Crippen LogP contribution in [0.4, 0.5) is 4.79 Å². The molecule has 0 spiro atoms. The van der Waals surface area contributed by atoms with E-state index in [0.29, 0.717) is 18.1 Å². The molecular weight excluding hydrogens is 294 g/mol. The van der Waals surface area contributed by atoms with Gasteiger partial charge in [-0.25, -0.2) is 4.79 Å². The summed E-state index contributed by atoms with van der Waals surface area (Å²) >= 11 is 2.08. The van der Waals surface area contributed by atoms with Gasteiger partial charge in [-0.3, -0.25) is 0 Å². The first-order chi connectivity index (χ1) is 10.8. The summed E-state index contributed by atoms with van der Waals surface area (Å²) in [5.74, 6) is 2.60. The Kier molecular flexibility index (Phi) is 6.30. The van der Waals surface area contributed by atoms with Crippen molar-refractivity contribution in [2.45, 2.75) is 75.9 Å². The SMILES string of the molecule is O=C(NC1CCCCC1)N1CCC(NC2CCCSC2)CC1. The van der Waals surface area contributed by atoms with Crippen LogP contribution in [0.25, 0.3) is 0 Å². The quantitative estimate of drug-likeness (QED) is 0.838. The molecule has 126 valence electrons. The molecule has 2 heterocycles. The number of likely N-dealkylation sites (tertiary alicyclic amines) is 1. The highest BCUT2D eigenvalue weighted by molar-refractivity contribution is 7.99. The fourth-order valence-corrected chi connectivity index (χ4v) is 5.05. The van der Waals surface area contributed by atoms with E-state index in [4.69, 9.17) is 0 Å². The number of carbonyl (C=O) groups excluding carboxylic acids is 1. The largest absolute Gasteiger partial charge is 0.335 e. The summed E-state index contributed by atoms with van der Waals surface area (Å²) in [5, 5.41) is 7.07. The van der Waals surface area contributed by atoms with Gasteiger partial charge >= 0.3 is 6.03 Å².